The van der Waals surface area contributed by atoms with E-state index in [0.29, 0.717) is 6.54 Å². The molecule has 4 heteroatoms. The van der Waals surface area contributed by atoms with E-state index in [1.807, 2.05) is 16.7 Å². The summed E-state index contributed by atoms with van der Waals surface area (Å²) in [6, 6.07) is 0. The van der Waals surface area contributed by atoms with Crippen molar-refractivity contribution in [3.8, 4) is 0 Å². The molecule has 1 saturated heterocycles. The van der Waals surface area contributed by atoms with Crippen LogP contribution in [0, 0.1) is 0 Å². The van der Waals surface area contributed by atoms with Gasteiger partial charge in [0.15, 0.2) is 0 Å². The highest BCUT2D eigenvalue weighted by Crippen LogP contribution is 2.10. The molecule has 0 spiro atoms. The van der Waals surface area contributed by atoms with Gasteiger partial charge in [0.2, 0.25) is 5.91 Å². The van der Waals surface area contributed by atoms with Crippen LogP contribution in [0.15, 0.2) is 0 Å². The van der Waals surface area contributed by atoms with E-state index in [1.54, 1.807) is 0 Å². The molecule has 1 heterocycles. The summed E-state index contributed by atoms with van der Waals surface area (Å²) in [5.74, 6) is 1.47. The van der Waals surface area contributed by atoms with Crippen molar-refractivity contribution in [3.63, 3.8) is 0 Å². The van der Waals surface area contributed by atoms with Crippen LogP contribution in [0.4, 0.5) is 0 Å². The van der Waals surface area contributed by atoms with Gasteiger partial charge in [-0.2, -0.15) is 11.8 Å². The van der Waals surface area contributed by atoms with Gasteiger partial charge in [0.1, 0.15) is 0 Å². The monoisotopic (exact) mass is 216 g/mol. The fourth-order valence-corrected chi connectivity index (χ4v) is 2.26. The predicted molar refractivity (Wildman–Crippen MR) is 61.4 cm³/mol. The van der Waals surface area contributed by atoms with Crippen LogP contribution in [0.3, 0.4) is 0 Å². The van der Waals surface area contributed by atoms with Crippen molar-refractivity contribution in [3.05, 3.63) is 0 Å². The zero-order valence-electron chi connectivity index (χ0n) is 9.08. The molecule has 3 nitrogen and oxygen atoms in total. The van der Waals surface area contributed by atoms with Crippen LogP contribution >= 0.6 is 11.8 Å². The Morgan fingerprint density at radius 1 is 1.57 bits per heavy atom. The van der Waals surface area contributed by atoms with Crippen molar-refractivity contribution in [2.45, 2.75) is 32.4 Å². The minimum Gasteiger partial charge on any atom is -0.326 e. The summed E-state index contributed by atoms with van der Waals surface area (Å²) >= 11 is 1.87. The second kappa shape index (κ2) is 6.30. The number of unbranched alkanes of at least 4 members (excludes halogenated alkanes) is 1. The Hall–Kier alpha value is -0.220. The maximum absolute atomic E-state index is 11.5. The third-order valence-corrected chi connectivity index (χ3v) is 3.27. The first kappa shape index (κ1) is 11.9. The summed E-state index contributed by atoms with van der Waals surface area (Å²) in [5.41, 5.74) is 0. The third-order valence-electron chi connectivity index (χ3n) is 2.57. The lowest BCUT2D eigenvalue weighted by Crippen LogP contribution is -2.37. The minimum atomic E-state index is 0.265. The molecule has 0 aromatic carbocycles. The SMILES string of the molecule is CCC1NCC(=O)N1CCCCSC. The van der Waals surface area contributed by atoms with Crippen molar-refractivity contribution in [1.29, 1.82) is 0 Å². The smallest absolute Gasteiger partial charge is 0.237 e. The zero-order chi connectivity index (χ0) is 10.4. The van der Waals surface area contributed by atoms with Crippen LogP contribution in [0.1, 0.15) is 26.2 Å². The molecule has 1 rings (SSSR count). The van der Waals surface area contributed by atoms with Crippen molar-refractivity contribution in [2.24, 2.45) is 0 Å². The molecule has 1 aliphatic heterocycles. The van der Waals surface area contributed by atoms with Crippen LogP contribution in [0.2, 0.25) is 0 Å². The van der Waals surface area contributed by atoms with Gasteiger partial charge >= 0.3 is 0 Å². The first-order chi connectivity index (χ1) is 6.79. The molecule has 82 valence electrons. The summed E-state index contributed by atoms with van der Waals surface area (Å²) in [6.45, 7) is 3.57. The number of hydrogen-bond acceptors (Lipinski definition) is 3. The van der Waals surface area contributed by atoms with E-state index in [1.165, 1.54) is 12.2 Å². The zero-order valence-corrected chi connectivity index (χ0v) is 9.90. The summed E-state index contributed by atoms with van der Waals surface area (Å²) in [6.07, 6.45) is 5.76. The van der Waals surface area contributed by atoms with E-state index in [0.717, 1.165) is 19.4 Å². The maximum Gasteiger partial charge on any atom is 0.237 e. The largest absolute Gasteiger partial charge is 0.326 e. The summed E-state index contributed by atoms with van der Waals surface area (Å²) in [5, 5.41) is 3.22. The summed E-state index contributed by atoms with van der Waals surface area (Å²) in [4.78, 5) is 13.5. The Labute approximate surface area is 90.6 Å². The van der Waals surface area contributed by atoms with Crippen molar-refractivity contribution in [2.75, 3.05) is 25.1 Å². The van der Waals surface area contributed by atoms with Gasteiger partial charge in [-0.1, -0.05) is 6.92 Å². The average Bonchev–Trinajstić information content (AvgIpc) is 2.55. The van der Waals surface area contributed by atoms with Gasteiger partial charge in [-0.15, -0.1) is 0 Å². The first-order valence-electron chi connectivity index (χ1n) is 5.31. The molecule has 0 bridgehead atoms. The Balaban J connectivity index is 2.23. The number of nitrogens with zero attached hydrogens (tertiary/aromatic N) is 1. The van der Waals surface area contributed by atoms with Gasteiger partial charge in [-0.05, 0) is 31.3 Å². The predicted octanol–water partition coefficient (Wildman–Crippen LogP) is 1.30. The maximum atomic E-state index is 11.5. The lowest BCUT2D eigenvalue weighted by molar-refractivity contribution is -0.128. The molecule has 14 heavy (non-hydrogen) atoms. The Kier molecular flexibility index (Phi) is 5.33. The van der Waals surface area contributed by atoms with Crippen molar-refractivity contribution >= 4 is 17.7 Å². The number of carbonyl (C=O) groups is 1. The molecule has 1 amide bonds. The van der Waals surface area contributed by atoms with Crippen molar-refractivity contribution < 1.29 is 4.79 Å². The number of amides is 1. The van der Waals surface area contributed by atoms with Crippen LogP contribution in [-0.2, 0) is 4.79 Å². The molecule has 1 unspecified atom stereocenters. The lowest BCUT2D eigenvalue weighted by Gasteiger charge is -2.22. The molecule has 0 aromatic heterocycles. The Morgan fingerprint density at radius 3 is 3.00 bits per heavy atom. The van der Waals surface area contributed by atoms with Crippen LogP contribution in [0.5, 0.6) is 0 Å². The van der Waals surface area contributed by atoms with Gasteiger partial charge in [0.05, 0.1) is 12.7 Å². The standard InChI is InChI=1S/C10H20N2OS/c1-3-9-11-8-10(13)12(9)6-4-5-7-14-2/h9,11H,3-8H2,1-2H3. The number of rotatable bonds is 6. The number of thioether (sulfide) groups is 1. The van der Waals surface area contributed by atoms with Gasteiger partial charge in [0, 0.05) is 6.54 Å². The van der Waals surface area contributed by atoms with Crippen LogP contribution < -0.4 is 5.32 Å². The fraction of sp³-hybridized carbons (Fsp3) is 0.900. The topological polar surface area (TPSA) is 32.3 Å². The van der Waals surface area contributed by atoms with E-state index < -0.39 is 0 Å². The molecule has 0 saturated carbocycles. The fourth-order valence-electron chi connectivity index (χ4n) is 1.76. The molecule has 1 N–H and O–H groups in total. The van der Waals surface area contributed by atoms with Crippen LogP contribution in [-0.4, -0.2) is 42.1 Å². The number of nitrogens with one attached hydrogen (secondary N) is 1. The molecular weight excluding hydrogens is 196 g/mol. The van der Waals surface area contributed by atoms with E-state index in [4.69, 9.17) is 0 Å². The molecule has 1 fully saturated rings. The highest BCUT2D eigenvalue weighted by molar-refractivity contribution is 7.98. The van der Waals surface area contributed by atoms with Crippen molar-refractivity contribution in [1.82, 2.24) is 10.2 Å². The highest BCUT2D eigenvalue weighted by Gasteiger charge is 2.27. The molecule has 1 aliphatic rings. The van der Waals surface area contributed by atoms with E-state index >= 15 is 0 Å². The van der Waals surface area contributed by atoms with E-state index in [-0.39, 0.29) is 12.1 Å². The van der Waals surface area contributed by atoms with Gasteiger partial charge in [-0.25, -0.2) is 0 Å². The second-order valence-corrected chi connectivity index (χ2v) is 4.58. The number of hydrogen-bond donors (Lipinski definition) is 1. The molecule has 0 aliphatic carbocycles. The number of carbonyl (C=O) groups excluding carboxylic acids is 1. The van der Waals surface area contributed by atoms with Gasteiger partial charge < -0.3 is 4.90 Å². The highest BCUT2D eigenvalue weighted by atomic mass is 32.2. The quantitative estimate of drug-likeness (QED) is 0.679. The molecule has 1 atom stereocenters. The Morgan fingerprint density at radius 2 is 2.36 bits per heavy atom. The second-order valence-electron chi connectivity index (χ2n) is 3.59. The van der Waals surface area contributed by atoms with Crippen LogP contribution in [0.25, 0.3) is 0 Å². The van der Waals surface area contributed by atoms with Gasteiger partial charge in [-0.3, -0.25) is 10.1 Å². The summed E-state index contributed by atoms with van der Waals surface area (Å²) in [7, 11) is 0. The Bertz CT molecular complexity index is 187. The lowest BCUT2D eigenvalue weighted by atomic mass is 10.3. The van der Waals surface area contributed by atoms with E-state index in [2.05, 4.69) is 18.5 Å². The molecule has 0 radical (unpaired) electrons. The molecular formula is C10H20N2OS. The third kappa shape index (κ3) is 3.17. The van der Waals surface area contributed by atoms with Gasteiger partial charge in [0.25, 0.3) is 0 Å². The first-order valence-corrected chi connectivity index (χ1v) is 6.70. The molecule has 0 aromatic rings. The van der Waals surface area contributed by atoms with E-state index in [9.17, 15) is 4.79 Å². The average molecular weight is 216 g/mol. The minimum absolute atomic E-state index is 0.265. The normalized spacial score (nSPS) is 22.0. The summed E-state index contributed by atoms with van der Waals surface area (Å²) < 4.78 is 0.